The highest BCUT2D eigenvalue weighted by Crippen LogP contribution is 2.25. The molecule has 0 fully saturated rings. The smallest absolute Gasteiger partial charge is 0.196 e. The molecule has 0 N–H and O–H groups in total. The molecule has 0 aliphatic carbocycles. The Morgan fingerprint density at radius 1 is 0.950 bits per heavy atom. The van der Waals surface area contributed by atoms with Crippen LogP contribution < -0.4 is 4.74 Å². The second-order valence-electron chi connectivity index (χ2n) is 5.86. The van der Waals surface area contributed by atoms with Crippen molar-refractivity contribution in [3.05, 3.63) is 65.2 Å². The lowest BCUT2D eigenvalue weighted by atomic mass is 9.86. The fourth-order valence-corrected chi connectivity index (χ4v) is 2.11. The van der Waals surface area contributed by atoms with Gasteiger partial charge in [0, 0.05) is 5.56 Å². The lowest BCUT2D eigenvalue weighted by molar-refractivity contribution is 0.103. The second-order valence-corrected chi connectivity index (χ2v) is 5.86. The molecule has 0 spiro atoms. The van der Waals surface area contributed by atoms with Gasteiger partial charge in [-0.15, -0.1) is 0 Å². The van der Waals surface area contributed by atoms with Crippen molar-refractivity contribution < 1.29 is 9.53 Å². The van der Waals surface area contributed by atoms with Gasteiger partial charge in [-0.1, -0.05) is 57.2 Å². The van der Waals surface area contributed by atoms with Gasteiger partial charge in [-0.25, -0.2) is 0 Å². The number of hydrogen-bond donors (Lipinski definition) is 0. The van der Waals surface area contributed by atoms with Crippen molar-refractivity contribution in [2.75, 3.05) is 7.11 Å². The summed E-state index contributed by atoms with van der Waals surface area (Å²) in [5.74, 6) is 0.598. The summed E-state index contributed by atoms with van der Waals surface area (Å²) in [6, 6.07) is 15.1. The minimum absolute atomic E-state index is 0.0112. The molecule has 20 heavy (non-hydrogen) atoms. The fraction of sp³-hybridized carbons (Fsp3) is 0.278. The van der Waals surface area contributed by atoms with Gasteiger partial charge < -0.3 is 4.74 Å². The summed E-state index contributed by atoms with van der Waals surface area (Å²) in [7, 11) is 1.58. The van der Waals surface area contributed by atoms with Crippen LogP contribution in [0.15, 0.2) is 48.5 Å². The van der Waals surface area contributed by atoms with E-state index < -0.39 is 0 Å². The average molecular weight is 268 g/mol. The Morgan fingerprint density at radius 2 is 1.55 bits per heavy atom. The molecule has 0 amide bonds. The van der Waals surface area contributed by atoms with Gasteiger partial charge in [0.05, 0.1) is 12.7 Å². The molecule has 2 aromatic carbocycles. The number of carbonyl (C=O) groups excluding carboxylic acids is 1. The summed E-state index contributed by atoms with van der Waals surface area (Å²) >= 11 is 0. The standard InChI is InChI=1S/C18H20O2/c1-18(2,3)14-11-9-13(10-12-14)17(19)15-7-5-6-8-16(15)20-4/h5-12H,1-4H3. The van der Waals surface area contributed by atoms with Gasteiger partial charge in [0.2, 0.25) is 0 Å². The summed E-state index contributed by atoms with van der Waals surface area (Å²) in [6.45, 7) is 6.47. The van der Waals surface area contributed by atoms with Crippen LogP contribution in [0.5, 0.6) is 5.75 Å². The van der Waals surface area contributed by atoms with Crippen LogP contribution in [0, 0.1) is 0 Å². The Bertz CT molecular complexity index is 604. The number of hydrogen-bond acceptors (Lipinski definition) is 2. The van der Waals surface area contributed by atoms with Gasteiger partial charge >= 0.3 is 0 Å². The normalized spacial score (nSPS) is 11.2. The molecule has 0 heterocycles. The van der Waals surface area contributed by atoms with Crippen LogP contribution in [0.1, 0.15) is 42.3 Å². The zero-order chi connectivity index (χ0) is 14.8. The number of ether oxygens (including phenoxy) is 1. The van der Waals surface area contributed by atoms with Crippen molar-refractivity contribution in [1.82, 2.24) is 0 Å². The van der Waals surface area contributed by atoms with Crippen molar-refractivity contribution in [3.8, 4) is 5.75 Å². The summed E-state index contributed by atoms with van der Waals surface area (Å²) < 4.78 is 5.25. The molecule has 2 heteroatoms. The predicted molar refractivity (Wildman–Crippen MR) is 81.6 cm³/mol. The first-order chi connectivity index (χ1) is 9.43. The van der Waals surface area contributed by atoms with Crippen molar-refractivity contribution in [2.24, 2.45) is 0 Å². The maximum Gasteiger partial charge on any atom is 0.196 e. The van der Waals surface area contributed by atoms with Gasteiger partial charge in [-0.3, -0.25) is 4.79 Å². The first kappa shape index (κ1) is 14.3. The average Bonchev–Trinajstić information content (AvgIpc) is 2.45. The zero-order valence-electron chi connectivity index (χ0n) is 12.4. The number of ketones is 1. The molecule has 2 rings (SSSR count). The lowest BCUT2D eigenvalue weighted by Crippen LogP contribution is -2.11. The third-order valence-electron chi connectivity index (χ3n) is 3.36. The number of methoxy groups -OCH3 is 1. The van der Waals surface area contributed by atoms with E-state index in [-0.39, 0.29) is 11.2 Å². The molecule has 2 nitrogen and oxygen atoms in total. The highest BCUT2D eigenvalue weighted by Gasteiger charge is 2.16. The molecule has 0 saturated carbocycles. The third-order valence-corrected chi connectivity index (χ3v) is 3.36. The van der Waals surface area contributed by atoms with Gasteiger partial charge in [-0.05, 0) is 23.1 Å². The molecule has 0 aliphatic heterocycles. The summed E-state index contributed by atoms with van der Waals surface area (Å²) in [6.07, 6.45) is 0. The first-order valence-electron chi connectivity index (χ1n) is 6.72. The molecule has 0 unspecified atom stereocenters. The topological polar surface area (TPSA) is 26.3 Å². The SMILES string of the molecule is COc1ccccc1C(=O)c1ccc(C(C)(C)C)cc1. The highest BCUT2D eigenvalue weighted by atomic mass is 16.5. The molecule has 0 saturated heterocycles. The molecule has 0 radical (unpaired) electrons. The maximum atomic E-state index is 12.5. The molecular formula is C18H20O2. The van der Waals surface area contributed by atoms with E-state index in [1.807, 2.05) is 36.4 Å². The van der Waals surface area contributed by atoms with E-state index in [2.05, 4.69) is 20.8 Å². The van der Waals surface area contributed by atoms with Crippen molar-refractivity contribution in [3.63, 3.8) is 0 Å². The number of benzene rings is 2. The number of carbonyl (C=O) groups is 1. The fourth-order valence-electron chi connectivity index (χ4n) is 2.11. The monoisotopic (exact) mass is 268 g/mol. The Hall–Kier alpha value is -2.09. The summed E-state index contributed by atoms with van der Waals surface area (Å²) in [4.78, 5) is 12.5. The quantitative estimate of drug-likeness (QED) is 0.779. The minimum Gasteiger partial charge on any atom is -0.496 e. The van der Waals surface area contributed by atoms with Gasteiger partial charge in [-0.2, -0.15) is 0 Å². The number of rotatable bonds is 3. The zero-order valence-corrected chi connectivity index (χ0v) is 12.4. The Morgan fingerprint density at radius 3 is 2.10 bits per heavy atom. The Labute approximate surface area is 120 Å². The van der Waals surface area contributed by atoms with Crippen LogP contribution in [-0.4, -0.2) is 12.9 Å². The molecule has 0 aromatic heterocycles. The minimum atomic E-state index is -0.0112. The van der Waals surface area contributed by atoms with Crippen LogP contribution in [-0.2, 0) is 5.41 Å². The lowest BCUT2D eigenvalue weighted by Gasteiger charge is -2.19. The molecule has 0 atom stereocenters. The Kier molecular flexibility index (Phi) is 3.93. The summed E-state index contributed by atoms with van der Waals surface area (Å²) in [5.41, 5.74) is 2.58. The van der Waals surface area contributed by atoms with Gasteiger partial charge in [0.1, 0.15) is 5.75 Å². The van der Waals surface area contributed by atoms with Crippen LogP contribution in [0.3, 0.4) is 0 Å². The van der Waals surface area contributed by atoms with E-state index in [4.69, 9.17) is 4.74 Å². The molecule has 2 aromatic rings. The highest BCUT2D eigenvalue weighted by molar-refractivity contribution is 6.10. The van der Waals surface area contributed by atoms with Crippen LogP contribution in [0.4, 0.5) is 0 Å². The van der Waals surface area contributed by atoms with E-state index in [0.717, 1.165) is 0 Å². The molecular weight excluding hydrogens is 248 g/mol. The number of para-hydroxylation sites is 1. The van der Waals surface area contributed by atoms with E-state index in [0.29, 0.717) is 16.9 Å². The van der Waals surface area contributed by atoms with Crippen LogP contribution in [0.2, 0.25) is 0 Å². The predicted octanol–water partition coefficient (Wildman–Crippen LogP) is 4.22. The van der Waals surface area contributed by atoms with Crippen LogP contribution >= 0.6 is 0 Å². The van der Waals surface area contributed by atoms with Crippen molar-refractivity contribution >= 4 is 5.78 Å². The summed E-state index contributed by atoms with van der Waals surface area (Å²) in [5, 5.41) is 0. The Balaban J connectivity index is 2.34. The maximum absolute atomic E-state index is 12.5. The third kappa shape index (κ3) is 2.90. The van der Waals surface area contributed by atoms with Crippen molar-refractivity contribution in [1.29, 1.82) is 0 Å². The van der Waals surface area contributed by atoms with E-state index >= 15 is 0 Å². The first-order valence-corrected chi connectivity index (χ1v) is 6.72. The van der Waals surface area contributed by atoms with E-state index in [9.17, 15) is 4.79 Å². The van der Waals surface area contributed by atoms with Gasteiger partial charge in [0.15, 0.2) is 5.78 Å². The van der Waals surface area contributed by atoms with Crippen molar-refractivity contribution in [2.45, 2.75) is 26.2 Å². The largest absolute Gasteiger partial charge is 0.496 e. The molecule has 0 aliphatic rings. The van der Waals surface area contributed by atoms with Gasteiger partial charge in [0.25, 0.3) is 0 Å². The van der Waals surface area contributed by atoms with Crippen LogP contribution in [0.25, 0.3) is 0 Å². The molecule has 0 bridgehead atoms. The van der Waals surface area contributed by atoms with E-state index in [1.54, 1.807) is 19.2 Å². The molecule has 104 valence electrons. The second kappa shape index (κ2) is 5.49. The van der Waals surface area contributed by atoms with E-state index in [1.165, 1.54) is 5.56 Å².